The minimum absolute atomic E-state index is 0.0893. The minimum atomic E-state index is -0.848. The van der Waals surface area contributed by atoms with E-state index in [4.69, 9.17) is 23.2 Å². The number of aromatic nitrogens is 1. The van der Waals surface area contributed by atoms with E-state index in [9.17, 15) is 14.7 Å². The van der Waals surface area contributed by atoms with Gasteiger partial charge in [-0.2, -0.15) is 4.37 Å². The molecule has 9 heteroatoms. The van der Waals surface area contributed by atoms with Crippen molar-refractivity contribution in [1.29, 1.82) is 0 Å². The lowest BCUT2D eigenvalue weighted by Gasteiger charge is -2.40. The fourth-order valence-electron chi connectivity index (χ4n) is 4.99. The molecular formula is C24H29Cl2N3O3S. The second-order valence-corrected chi connectivity index (χ2v) is 10.7. The topological polar surface area (TPSA) is 82.5 Å². The first-order valence-corrected chi connectivity index (χ1v) is 13.2. The van der Waals surface area contributed by atoms with Crippen LogP contribution >= 0.6 is 34.7 Å². The molecule has 2 amide bonds. The summed E-state index contributed by atoms with van der Waals surface area (Å²) in [7, 11) is 0. The van der Waals surface area contributed by atoms with Gasteiger partial charge in [0.05, 0.1) is 0 Å². The van der Waals surface area contributed by atoms with Crippen LogP contribution in [0.1, 0.15) is 86.3 Å². The molecule has 2 aromatic rings. The zero-order valence-corrected chi connectivity index (χ0v) is 20.8. The van der Waals surface area contributed by atoms with Gasteiger partial charge in [-0.05, 0) is 54.9 Å². The van der Waals surface area contributed by atoms with E-state index < -0.39 is 6.04 Å². The van der Waals surface area contributed by atoms with Crippen LogP contribution in [-0.2, 0) is 4.79 Å². The summed E-state index contributed by atoms with van der Waals surface area (Å²) in [6, 6.07) is 5.65. The number of carbonyl (C=O) groups excluding carboxylic acids is 2. The lowest BCUT2D eigenvalue weighted by atomic mass is 9.90. The molecule has 0 spiro atoms. The first-order valence-electron chi connectivity index (χ1n) is 11.7. The zero-order chi connectivity index (χ0) is 23.4. The van der Waals surface area contributed by atoms with Crippen molar-refractivity contribution >= 4 is 46.5 Å². The number of phenolic OH excluding ortho intramolecular Hbond substituents is 1. The molecule has 2 aliphatic carbocycles. The third-order valence-electron chi connectivity index (χ3n) is 6.69. The van der Waals surface area contributed by atoms with Crippen molar-refractivity contribution in [1.82, 2.24) is 14.6 Å². The van der Waals surface area contributed by atoms with Crippen LogP contribution in [0, 0.1) is 0 Å². The Hall–Kier alpha value is -1.83. The zero-order valence-electron chi connectivity index (χ0n) is 18.4. The second-order valence-electron chi connectivity index (χ2n) is 8.96. The number of nitrogens with zero attached hydrogens (tertiary/aromatic N) is 2. The quantitative estimate of drug-likeness (QED) is 0.491. The largest absolute Gasteiger partial charge is 0.508 e. The molecule has 0 saturated heterocycles. The molecule has 6 nitrogen and oxygen atoms in total. The van der Waals surface area contributed by atoms with Crippen molar-refractivity contribution in [3.63, 3.8) is 0 Å². The molecule has 33 heavy (non-hydrogen) atoms. The Kier molecular flexibility index (Phi) is 8.15. The van der Waals surface area contributed by atoms with Crippen LogP contribution in [0.5, 0.6) is 5.75 Å². The maximum Gasteiger partial charge on any atom is 0.276 e. The molecule has 4 rings (SSSR count). The standard InChI is InChI=1S/C24H29Cl2N3O3S/c25-19-20(28-33-22(19)26)24(32)29(17-9-5-2-6-10-17)21(15-11-13-18(30)14-12-15)23(31)27-16-7-3-1-4-8-16/h11-14,16-17,21,30H,1-10H2,(H,27,31). The third-order valence-corrected chi connectivity index (χ3v) is 8.30. The fourth-order valence-corrected chi connectivity index (χ4v) is 5.98. The summed E-state index contributed by atoms with van der Waals surface area (Å²) in [5.41, 5.74) is 0.740. The summed E-state index contributed by atoms with van der Waals surface area (Å²) in [6.45, 7) is 0. The highest BCUT2D eigenvalue weighted by Crippen LogP contribution is 2.36. The summed E-state index contributed by atoms with van der Waals surface area (Å²) < 4.78 is 4.47. The van der Waals surface area contributed by atoms with Crippen LogP contribution in [-0.4, -0.2) is 38.3 Å². The predicted molar refractivity (Wildman–Crippen MR) is 131 cm³/mol. The van der Waals surface area contributed by atoms with Crippen LogP contribution < -0.4 is 5.32 Å². The van der Waals surface area contributed by atoms with Gasteiger partial charge in [0.1, 0.15) is 21.2 Å². The van der Waals surface area contributed by atoms with Crippen molar-refractivity contribution in [2.75, 3.05) is 0 Å². The van der Waals surface area contributed by atoms with Crippen LogP contribution in [0.15, 0.2) is 24.3 Å². The Labute approximate surface area is 208 Å². The molecule has 1 aromatic heterocycles. The predicted octanol–water partition coefficient (Wildman–Crippen LogP) is 6.12. The van der Waals surface area contributed by atoms with Gasteiger partial charge in [-0.25, -0.2) is 0 Å². The number of hydrogen-bond donors (Lipinski definition) is 2. The van der Waals surface area contributed by atoms with Crippen molar-refractivity contribution in [3.8, 4) is 5.75 Å². The Morgan fingerprint density at radius 2 is 1.61 bits per heavy atom. The highest BCUT2D eigenvalue weighted by molar-refractivity contribution is 7.11. The summed E-state index contributed by atoms with van der Waals surface area (Å²) in [5.74, 6) is -0.481. The Morgan fingerprint density at radius 1 is 1.00 bits per heavy atom. The van der Waals surface area contributed by atoms with E-state index in [1.165, 1.54) is 6.42 Å². The van der Waals surface area contributed by atoms with Crippen molar-refractivity contribution in [2.45, 2.75) is 82.3 Å². The number of rotatable bonds is 6. The third kappa shape index (κ3) is 5.64. The van der Waals surface area contributed by atoms with Gasteiger partial charge in [0.15, 0.2) is 5.69 Å². The molecule has 2 saturated carbocycles. The van der Waals surface area contributed by atoms with Crippen molar-refractivity contribution in [3.05, 3.63) is 44.9 Å². The van der Waals surface area contributed by atoms with Gasteiger partial charge in [-0.15, -0.1) is 0 Å². The maximum absolute atomic E-state index is 13.9. The monoisotopic (exact) mass is 509 g/mol. The maximum atomic E-state index is 13.9. The Morgan fingerprint density at radius 3 is 2.18 bits per heavy atom. The second kappa shape index (κ2) is 11.1. The van der Waals surface area contributed by atoms with E-state index in [0.29, 0.717) is 5.56 Å². The molecule has 2 fully saturated rings. The molecule has 0 radical (unpaired) electrons. The first-order chi connectivity index (χ1) is 16.0. The highest BCUT2D eigenvalue weighted by atomic mass is 35.5. The van der Waals surface area contributed by atoms with E-state index in [1.807, 2.05) is 0 Å². The molecule has 2 N–H and O–H groups in total. The highest BCUT2D eigenvalue weighted by Gasteiger charge is 2.39. The number of carbonyl (C=O) groups is 2. The van der Waals surface area contributed by atoms with Crippen LogP contribution in [0.2, 0.25) is 9.36 Å². The normalized spacial score (nSPS) is 18.6. The number of hydrogen-bond acceptors (Lipinski definition) is 5. The fraction of sp³-hybridized carbons (Fsp3) is 0.542. The summed E-state index contributed by atoms with van der Waals surface area (Å²) in [4.78, 5) is 29.3. The molecule has 1 heterocycles. The van der Waals surface area contributed by atoms with Gasteiger partial charge in [-0.1, -0.05) is 73.9 Å². The first kappa shape index (κ1) is 24.3. The van der Waals surface area contributed by atoms with Gasteiger partial charge >= 0.3 is 0 Å². The smallest absolute Gasteiger partial charge is 0.276 e. The lowest BCUT2D eigenvalue weighted by Crippen LogP contribution is -2.51. The molecule has 1 aromatic carbocycles. The van der Waals surface area contributed by atoms with E-state index in [2.05, 4.69) is 9.69 Å². The van der Waals surface area contributed by atoms with Gasteiger partial charge < -0.3 is 15.3 Å². The molecule has 1 unspecified atom stereocenters. The van der Waals surface area contributed by atoms with Gasteiger partial charge in [0.2, 0.25) is 5.91 Å². The number of halogens is 2. The van der Waals surface area contributed by atoms with E-state index in [-0.39, 0.29) is 44.7 Å². The van der Waals surface area contributed by atoms with Crippen LogP contribution in [0.4, 0.5) is 0 Å². The number of phenols is 1. The molecular weight excluding hydrogens is 481 g/mol. The minimum Gasteiger partial charge on any atom is -0.508 e. The average molecular weight is 510 g/mol. The van der Waals surface area contributed by atoms with E-state index in [1.54, 1.807) is 29.2 Å². The van der Waals surface area contributed by atoms with E-state index in [0.717, 1.165) is 69.3 Å². The molecule has 0 bridgehead atoms. The van der Waals surface area contributed by atoms with Crippen LogP contribution in [0.3, 0.4) is 0 Å². The number of amides is 2. The molecule has 178 valence electrons. The molecule has 1 atom stereocenters. The average Bonchev–Trinajstić information content (AvgIpc) is 3.17. The molecule has 0 aliphatic heterocycles. The Bertz CT molecular complexity index is 970. The van der Waals surface area contributed by atoms with Crippen molar-refractivity contribution < 1.29 is 14.7 Å². The van der Waals surface area contributed by atoms with Crippen molar-refractivity contribution in [2.24, 2.45) is 0 Å². The van der Waals surface area contributed by atoms with Crippen LogP contribution in [0.25, 0.3) is 0 Å². The summed E-state index contributed by atoms with van der Waals surface area (Å²) in [6.07, 6.45) is 9.97. The lowest BCUT2D eigenvalue weighted by molar-refractivity contribution is -0.127. The van der Waals surface area contributed by atoms with E-state index >= 15 is 0 Å². The Balaban J connectivity index is 1.74. The van der Waals surface area contributed by atoms with Gasteiger partial charge in [-0.3, -0.25) is 9.59 Å². The number of nitrogens with one attached hydrogen (secondary N) is 1. The molecule has 2 aliphatic rings. The SMILES string of the molecule is O=C(NC1CCCCC1)C(c1ccc(O)cc1)N(C(=O)c1nsc(Cl)c1Cl)C1CCCCC1. The summed E-state index contributed by atoms with van der Waals surface area (Å²) >= 11 is 13.4. The summed E-state index contributed by atoms with van der Waals surface area (Å²) in [5, 5.41) is 13.2. The van der Waals surface area contributed by atoms with Gasteiger partial charge in [0.25, 0.3) is 5.91 Å². The number of aromatic hydroxyl groups is 1. The number of benzene rings is 1. The van der Waals surface area contributed by atoms with Gasteiger partial charge in [0, 0.05) is 12.1 Å².